The SMILES string of the molecule is Cc1ccc(C(=O)N2CCOC(C(N)=NO)C2)cc1Cl. The smallest absolute Gasteiger partial charge is 0.254 e. The minimum atomic E-state index is -0.585. The molecule has 1 saturated heterocycles. The highest BCUT2D eigenvalue weighted by Gasteiger charge is 2.27. The van der Waals surface area contributed by atoms with E-state index in [1.165, 1.54) is 0 Å². The molecule has 0 radical (unpaired) electrons. The van der Waals surface area contributed by atoms with Crippen molar-refractivity contribution in [2.24, 2.45) is 10.9 Å². The zero-order valence-electron chi connectivity index (χ0n) is 11.0. The van der Waals surface area contributed by atoms with Crippen molar-refractivity contribution in [3.05, 3.63) is 34.3 Å². The van der Waals surface area contributed by atoms with Gasteiger partial charge in [-0.15, -0.1) is 0 Å². The third-order valence-electron chi connectivity index (χ3n) is 3.22. The van der Waals surface area contributed by atoms with Crippen molar-refractivity contribution in [1.82, 2.24) is 4.90 Å². The van der Waals surface area contributed by atoms with Gasteiger partial charge in [0.25, 0.3) is 5.91 Å². The Morgan fingerprint density at radius 2 is 2.35 bits per heavy atom. The average Bonchev–Trinajstić information content (AvgIpc) is 2.48. The first kappa shape index (κ1) is 14.6. The lowest BCUT2D eigenvalue weighted by atomic mass is 10.1. The molecular weight excluding hydrogens is 282 g/mol. The maximum Gasteiger partial charge on any atom is 0.254 e. The van der Waals surface area contributed by atoms with Gasteiger partial charge in [-0.1, -0.05) is 22.8 Å². The van der Waals surface area contributed by atoms with Gasteiger partial charge in [0.2, 0.25) is 0 Å². The van der Waals surface area contributed by atoms with Crippen LogP contribution in [0.3, 0.4) is 0 Å². The van der Waals surface area contributed by atoms with Crippen LogP contribution in [0, 0.1) is 6.92 Å². The number of halogens is 1. The highest BCUT2D eigenvalue weighted by molar-refractivity contribution is 6.31. The van der Waals surface area contributed by atoms with Crippen LogP contribution in [0.15, 0.2) is 23.4 Å². The van der Waals surface area contributed by atoms with Crippen LogP contribution in [0.5, 0.6) is 0 Å². The van der Waals surface area contributed by atoms with E-state index in [-0.39, 0.29) is 18.3 Å². The summed E-state index contributed by atoms with van der Waals surface area (Å²) in [4.78, 5) is 14.0. The van der Waals surface area contributed by atoms with Gasteiger partial charge in [0, 0.05) is 17.1 Å². The van der Waals surface area contributed by atoms with Crippen LogP contribution in [0.2, 0.25) is 5.02 Å². The number of carbonyl (C=O) groups excluding carboxylic acids is 1. The molecule has 0 saturated carbocycles. The van der Waals surface area contributed by atoms with E-state index in [0.29, 0.717) is 23.7 Å². The first-order chi connectivity index (χ1) is 9.52. The molecule has 108 valence electrons. The Kier molecular flexibility index (Phi) is 4.46. The van der Waals surface area contributed by atoms with E-state index >= 15 is 0 Å². The van der Waals surface area contributed by atoms with Crippen molar-refractivity contribution in [2.45, 2.75) is 13.0 Å². The van der Waals surface area contributed by atoms with Crippen molar-refractivity contribution in [1.29, 1.82) is 0 Å². The van der Waals surface area contributed by atoms with E-state index in [2.05, 4.69) is 5.16 Å². The fourth-order valence-corrected chi connectivity index (χ4v) is 2.17. The number of amides is 1. The quantitative estimate of drug-likeness (QED) is 0.372. The molecule has 1 atom stereocenters. The Bertz CT molecular complexity index is 548. The minimum Gasteiger partial charge on any atom is -0.409 e. The zero-order chi connectivity index (χ0) is 14.7. The van der Waals surface area contributed by atoms with E-state index in [1.54, 1.807) is 23.1 Å². The van der Waals surface area contributed by atoms with Crippen LogP contribution in [-0.2, 0) is 4.74 Å². The van der Waals surface area contributed by atoms with Crippen molar-refractivity contribution < 1.29 is 14.7 Å². The number of ether oxygens (including phenoxy) is 1. The standard InChI is InChI=1S/C13H16ClN3O3/c1-8-2-3-9(6-10(8)14)13(18)17-4-5-20-11(7-17)12(15)16-19/h2-3,6,11,19H,4-5,7H2,1H3,(H2,15,16). The lowest BCUT2D eigenvalue weighted by Crippen LogP contribution is -2.50. The van der Waals surface area contributed by atoms with Crippen LogP contribution in [0.25, 0.3) is 0 Å². The normalized spacial score (nSPS) is 20.0. The molecule has 1 aliphatic heterocycles. The molecule has 20 heavy (non-hydrogen) atoms. The topological polar surface area (TPSA) is 88.2 Å². The third kappa shape index (κ3) is 3.02. The molecule has 1 aromatic rings. The molecular formula is C13H16ClN3O3. The third-order valence-corrected chi connectivity index (χ3v) is 3.63. The molecule has 1 aliphatic rings. The predicted octanol–water partition coefficient (Wildman–Crippen LogP) is 1.24. The van der Waals surface area contributed by atoms with Gasteiger partial charge in [0.15, 0.2) is 5.84 Å². The van der Waals surface area contributed by atoms with E-state index in [1.807, 2.05) is 6.92 Å². The molecule has 1 amide bonds. The number of nitrogens with zero attached hydrogens (tertiary/aromatic N) is 2. The summed E-state index contributed by atoms with van der Waals surface area (Å²) in [6.07, 6.45) is -0.585. The second-order valence-electron chi connectivity index (χ2n) is 4.60. The molecule has 0 aliphatic carbocycles. The maximum absolute atomic E-state index is 12.4. The van der Waals surface area contributed by atoms with Gasteiger partial charge in [-0.3, -0.25) is 4.79 Å². The predicted molar refractivity (Wildman–Crippen MR) is 75.2 cm³/mol. The van der Waals surface area contributed by atoms with E-state index < -0.39 is 6.10 Å². The van der Waals surface area contributed by atoms with Crippen LogP contribution < -0.4 is 5.73 Å². The van der Waals surface area contributed by atoms with Gasteiger partial charge < -0.3 is 20.6 Å². The molecule has 1 fully saturated rings. The average molecular weight is 298 g/mol. The Hall–Kier alpha value is -1.79. The van der Waals surface area contributed by atoms with Gasteiger partial charge in [-0.05, 0) is 24.6 Å². The Balaban J connectivity index is 2.14. The Labute approximate surface area is 121 Å². The molecule has 7 heteroatoms. The van der Waals surface area contributed by atoms with Gasteiger partial charge in [-0.25, -0.2) is 0 Å². The molecule has 1 aromatic carbocycles. The summed E-state index contributed by atoms with van der Waals surface area (Å²) in [6.45, 7) is 2.92. The van der Waals surface area contributed by atoms with Gasteiger partial charge in [0.1, 0.15) is 6.10 Å². The van der Waals surface area contributed by atoms with Crippen molar-refractivity contribution >= 4 is 23.3 Å². The number of aryl methyl sites for hydroxylation is 1. The zero-order valence-corrected chi connectivity index (χ0v) is 11.8. The number of hydrogen-bond donors (Lipinski definition) is 2. The second kappa shape index (κ2) is 6.11. The molecule has 1 heterocycles. The van der Waals surface area contributed by atoms with Crippen LogP contribution >= 0.6 is 11.6 Å². The Morgan fingerprint density at radius 3 is 3.00 bits per heavy atom. The fraction of sp³-hybridized carbons (Fsp3) is 0.385. The number of oxime groups is 1. The highest BCUT2D eigenvalue weighted by atomic mass is 35.5. The summed E-state index contributed by atoms with van der Waals surface area (Å²) in [7, 11) is 0. The lowest BCUT2D eigenvalue weighted by Gasteiger charge is -2.32. The molecule has 3 N–H and O–H groups in total. The number of carbonyl (C=O) groups is 1. The molecule has 0 aromatic heterocycles. The first-order valence-electron chi connectivity index (χ1n) is 6.17. The molecule has 0 bridgehead atoms. The van der Waals surface area contributed by atoms with Gasteiger partial charge in [0.05, 0.1) is 13.2 Å². The van der Waals surface area contributed by atoms with Crippen molar-refractivity contribution in [3.8, 4) is 0 Å². The van der Waals surface area contributed by atoms with Crippen molar-refractivity contribution in [2.75, 3.05) is 19.7 Å². The van der Waals surface area contributed by atoms with Crippen LogP contribution in [-0.4, -0.2) is 47.7 Å². The fourth-order valence-electron chi connectivity index (χ4n) is 1.99. The molecule has 6 nitrogen and oxygen atoms in total. The number of morpholine rings is 1. The number of hydrogen-bond acceptors (Lipinski definition) is 4. The summed E-state index contributed by atoms with van der Waals surface area (Å²) in [5.74, 6) is -0.185. The number of amidine groups is 1. The van der Waals surface area contributed by atoms with Gasteiger partial charge in [-0.2, -0.15) is 0 Å². The molecule has 0 spiro atoms. The van der Waals surface area contributed by atoms with E-state index in [4.69, 9.17) is 27.3 Å². The summed E-state index contributed by atoms with van der Waals surface area (Å²) in [5.41, 5.74) is 6.94. The monoisotopic (exact) mass is 297 g/mol. The maximum atomic E-state index is 12.4. The summed E-state index contributed by atoms with van der Waals surface area (Å²) < 4.78 is 5.35. The highest BCUT2D eigenvalue weighted by Crippen LogP contribution is 2.19. The van der Waals surface area contributed by atoms with Gasteiger partial charge >= 0.3 is 0 Å². The molecule has 1 unspecified atom stereocenters. The summed E-state index contributed by atoms with van der Waals surface area (Å²) in [6, 6.07) is 5.18. The van der Waals surface area contributed by atoms with E-state index in [0.717, 1.165) is 5.56 Å². The summed E-state index contributed by atoms with van der Waals surface area (Å²) in [5, 5.41) is 12.1. The summed E-state index contributed by atoms with van der Waals surface area (Å²) >= 11 is 6.03. The lowest BCUT2D eigenvalue weighted by molar-refractivity contribution is 0.00676. The largest absolute Gasteiger partial charge is 0.409 e. The van der Waals surface area contributed by atoms with Crippen LogP contribution in [0.1, 0.15) is 15.9 Å². The number of nitrogens with two attached hydrogens (primary N) is 1. The Morgan fingerprint density at radius 1 is 1.60 bits per heavy atom. The van der Waals surface area contributed by atoms with E-state index in [9.17, 15) is 4.79 Å². The number of rotatable bonds is 2. The number of benzene rings is 1. The second-order valence-corrected chi connectivity index (χ2v) is 5.01. The van der Waals surface area contributed by atoms with Crippen molar-refractivity contribution in [3.63, 3.8) is 0 Å². The minimum absolute atomic E-state index is 0.0376. The first-order valence-corrected chi connectivity index (χ1v) is 6.55. The van der Waals surface area contributed by atoms with Crippen LogP contribution in [0.4, 0.5) is 0 Å². The molecule has 2 rings (SSSR count).